The molecule has 0 aromatic carbocycles. The first-order chi connectivity index (χ1) is 7.31. The van der Waals surface area contributed by atoms with Gasteiger partial charge in [0, 0.05) is 12.6 Å². The molecule has 0 amide bonds. The number of rotatable bonds is 5. The summed E-state index contributed by atoms with van der Waals surface area (Å²) in [4.78, 5) is 0. The van der Waals surface area contributed by atoms with Gasteiger partial charge in [0.05, 0.1) is 12.4 Å². The van der Waals surface area contributed by atoms with Crippen LogP contribution in [0.15, 0.2) is 12.4 Å². The van der Waals surface area contributed by atoms with E-state index in [1.54, 1.807) is 0 Å². The number of nitrogens with zero attached hydrogens (tertiary/aromatic N) is 2. The van der Waals surface area contributed by atoms with Gasteiger partial charge in [-0.15, -0.1) is 0 Å². The van der Waals surface area contributed by atoms with Gasteiger partial charge in [0.15, 0.2) is 5.75 Å². The molecule has 0 unspecified atom stereocenters. The first kappa shape index (κ1) is 10.5. The summed E-state index contributed by atoms with van der Waals surface area (Å²) < 4.78 is 7.72. The minimum atomic E-state index is 0.377. The van der Waals surface area contributed by atoms with Gasteiger partial charge in [-0.25, -0.2) is 0 Å². The molecule has 1 heterocycles. The normalized spacial score (nSPS) is 24.9. The molecule has 1 N–H and O–H groups in total. The van der Waals surface area contributed by atoms with Crippen molar-refractivity contribution in [2.45, 2.75) is 44.9 Å². The molecular formula is C11H19N3O. The zero-order valence-corrected chi connectivity index (χ0v) is 9.44. The lowest BCUT2D eigenvalue weighted by atomic mass is 9.89. The van der Waals surface area contributed by atoms with E-state index in [1.165, 1.54) is 0 Å². The lowest BCUT2D eigenvalue weighted by Crippen LogP contribution is -2.45. The van der Waals surface area contributed by atoms with E-state index in [-0.39, 0.29) is 0 Å². The predicted octanol–water partition coefficient (Wildman–Crippen LogP) is 1.42. The van der Waals surface area contributed by atoms with Crippen molar-refractivity contribution in [2.24, 2.45) is 0 Å². The average Bonchev–Trinajstić information content (AvgIpc) is 2.59. The number of hydrogen-bond donors (Lipinski definition) is 1. The number of ether oxygens (including phenoxy) is 1. The summed E-state index contributed by atoms with van der Waals surface area (Å²) >= 11 is 0. The van der Waals surface area contributed by atoms with E-state index in [1.807, 2.05) is 24.1 Å². The molecule has 1 saturated carbocycles. The minimum absolute atomic E-state index is 0.377. The fourth-order valence-electron chi connectivity index (χ4n) is 1.85. The molecule has 0 atom stereocenters. The molecule has 1 fully saturated rings. The topological polar surface area (TPSA) is 39.1 Å². The van der Waals surface area contributed by atoms with Gasteiger partial charge in [0.25, 0.3) is 0 Å². The molecule has 84 valence electrons. The van der Waals surface area contributed by atoms with E-state index in [4.69, 9.17) is 4.74 Å². The molecule has 2 rings (SSSR count). The van der Waals surface area contributed by atoms with E-state index < -0.39 is 0 Å². The molecule has 1 aliphatic carbocycles. The quantitative estimate of drug-likeness (QED) is 0.797. The zero-order valence-electron chi connectivity index (χ0n) is 9.44. The largest absolute Gasteiger partial charge is 0.487 e. The van der Waals surface area contributed by atoms with Crippen molar-refractivity contribution in [3.8, 4) is 5.75 Å². The lowest BCUT2D eigenvalue weighted by Gasteiger charge is -2.34. The Bertz CT molecular complexity index is 305. The number of nitrogens with one attached hydrogen (secondary N) is 1. The molecule has 1 aromatic rings. The highest BCUT2D eigenvalue weighted by Crippen LogP contribution is 2.25. The summed E-state index contributed by atoms with van der Waals surface area (Å²) in [5, 5.41) is 7.47. The van der Waals surface area contributed by atoms with Crippen molar-refractivity contribution in [1.29, 1.82) is 0 Å². The molecule has 4 heteroatoms. The van der Waals surface area contributed by atoms with Crippen LogP contribution in [0.25, 0.3) is 0 Å². The molecular weight excluding hydrogens is 190 g/mol. The van der Waals surface area contributed by atoms with Gasteiger partial charge in [-0.3, -0.25) is 4.68 Å². The zero-order chi connectivity index (χ0) is 10.7. The minimum Gasteiger partial charge on any atom is -0.487 e. The second kappa shape index (κ2) is 4.66. The van der Waals surface area contributed by atoms with Crippen LogP contribution in [0.1, 0.15) is 26.2 Å². The third-order valence-corrected chi connectivity index (χ3v) is 2.87. The Morgan fingerprint density at radius 2 is 2.40 bits per heavy atom. The SMILES string of the molecule is CCCn1cc(OC2CC(NC)C2)cn1. The van der Waals surface area contributed by atoms with Crippen molar-refractivity contribution < 1.29 is 4.74 Å². The van der Waals surface area contributed by atoms with Crippen LogP contribution in [0.5, 0.6) is 5.75 Å². The van der Waals surface area contributed by atoms with Gasteiger partial charge in [-0.1, -0.05) is 6.92 Å². The van der Waals surface area contributed by atoms with E-state index in [2.05, 4.69) is 17.3 Å². The molecule has 1 aliphatic rings. The molecule has 15 heavy (non-hydrogen) atoms. The smallest absolute Gasteiger partial charge is 0.157 e. The van der Waals surface area contributed by atoms with Crippen molar-refractivity contribution in [2.75, 3.05) is 7.05 Å². The number of aromatic nitrogens is 2. The lowest BCUT2D eigenvalue weighted by molar-refractivity contribution is 0.0884. The highest BCUT2D eigenvalue weighted by atomic mass is 16.5. The van der Waals surface area contributed by atoms with Crippen LogP contribution in [0.4, 0.5) is 0 Å². The first-order valence-electron chi connectivity index (χ1n) is 5.68. The molecule has 1 aromatic heterocycles. The third-order valence-electron chi connectivity index (χ3n) is 2.87. The van der Waals surface area contributed by atoms with Crippen LogP contribution in [0.2, 0.25) is 0 Å². The summed E-state index contributed by atoms with van der Waals surface area (Å²) in [5.41, 5.74) is 0. The highest BCUT2D eigenvalue weighted by Gasteiger charge is 2.29. The maximum atomic E-state index is 5.79. The van der Waals surface area contributed by atoms with Crippen molar-refractivity contribution >= 4 is 0 Å². The van der Waals surface area contributed by atoms with E-state index >= 15 is 0 Å². The number of aryl methyl sites for hydroxylation is 1. The predicted molar refractivity (Wildman–Crippen MR) is 59.0 cm³/mol. The Balaban J connectivity index is 1.79. The Morgan fingerprint density at radius 3 is 3.07 bits per heavy atom. The fourth-order valence-corrected chi connectivity index (χ4v) is 1.85. The maximum absolute atomic E-state index is 5.79. The molecule has 0 aliphatic heterocycles. The Kier molecular flexibility index (Phi) is 3.26. The van der Waals surface area contributed by atoms with Crippen molar-refractivity contribution in [3.63, 3.8) is 0 Å². The summed E-state index contributed by atoms with van der Waals surface area (Å²) in [6, 6.07) is 0.640. The van der Waals surface area contributed by atoms with Gasteiger partial charge in [0.2, 0.25) is 0 Å². The Hall–Kier alpha value is -1.03. The van der Waals surface area contributed by atoms with Crippen LogP contribution < -0.4 is 10.1 Å². The maximum Gasteiger partial charge on any atom is 0.157 e. The van der Waals surface area contributed by atoms with Gasteiger partial charge in [-0.2, -0.15) is 5.10 Å². The molecule has 0 saturated heterocycles. The standard InChI is InChI=1S/C11H19N3O/c1-3-4-14-8-11(7-13-14)15-10-5-9(6-10)12-2/h7-10,12H,3-6H2,1-2H3. The van der Waals surface area contributed by atoms with Crippen LogP contribution in [-0.2, 0) is 6.54 Å². The van der Waals surface area contributed by atoms with Crippen LogP contribution in [0.3, 0.4) is 0 Å². The monoisotopic (exact) mass is 209 g/mol. The van der Waals surface area contributed by atoms with E-state index in [9.17, 15) is 0 Å². The summed E-state index contributed by atoms with van der Waals surface area (Å²) in [6.07, 6.45) is 7.48. The van der Waals surface area contributed by atoms with Crippen molar-refractivity contribution in [1.82, 2.24) is 15.1 Å². The molecule has 0 bridgehead atoms. The van der Waals surface area contributed by atoms with Gasteiger partial charge >= 0.3 is 0 Å². The second-order valence-electron chi connectivity index (χ2n) is 4.14. The second-order valence-corrected chi connectivity index (χ2v) is 4.14. The Morgan fingerprint density at radius 1 is 1.60 bits per heavy atom. The Labute approximate surface area is 90.6 Å². The van der Waals surface area contributed by atoms with Gasteiger partial charge < -0.3 is 10.1 Å². The van der Waals surface area contributed by atoms with Crippen LogP contribution >= 0.6 is 0 Å². The van der Waals surface area contributed by atoms with E-state index in [0.717, 1.165) is 31.6 Å². The fraction of sp³-hybridized carbons (Fsp3) is 0.727. The molecule has 4 nitrogen and oxygen atoms in total. The number of hydrogen-bond acceptors (Lipinski definition) is 3. The molecule has 0 radical (unpaired) electrons. The van der Waals surface area contributed by atoms with Gasteiger partial charge in [-0.05, 0) is 26.3 Å². The highest BCUT2D eigenvalue weighted by molar-refractivity contribution is 5.13. The summed E-state index contributed by atoms with van der Waals surface area (Å²) in [7, 11) is 2.00. The first-order valence-corrected chi connectivity index (χ1v) is 5.68. The summed E-state index contributed by atoms with van der Waals surface area (Å²) in [6.45, 7) is 3.11. The van der Waals surface area contributed by atoms with Crippen LogP contribution in [0, 0.1) is 0 Å². The van der Waals surface area contributed by atoms with Crippen LogP contribution in [-0.4, -0.2) is 29.0 Å². The average molecular weight is 209 g/mol. The van der Waals surface area contributed by atoms with Gasteiger partial charge in [0.1, 0.15) is 6.10 Å². The summed E-state index contributed by atoms with van der Waals surface area (Å²) in [5.74, 6) is 0.906. The van der Waals surface area contributed by atoms with E-state index in [0.29, 0.717) is 12.1 Å². The van der Waals surface area contributed by atoms with Crippen molar-refractivity contribution in [3.05, 3.63) is 12.4 Å². The molecule has 0 spiro atoms. The third kappa shape index (κ3) is 2.50.